The van der Waals surface area contributed by atoms with Crippen LogP contribution >= 0.6 is 11.6 Å². The van der Waals surface area contributed by atoms with Gasteiger partial charge in [0.1, 0.15) is 0 Å². The smallest absolute Gasteiger partial charge is 0.0172 e. The fraction of sp³-hybridized carbons (Fsp3) is 0.750. The van der Waals surface area contributed by atoms with Crippen molar-refractivity contribution in [1.29, 1.82) is 0 Å². The standard InChI is InChI=1S/C8H13Cl/c1-2-7-5-3-4-6-8(7)9/h2-6H2,1H3. The van der Waals surface area contributed by atoms with E-state index in [2.05, 4.69) is 6.92 Å². The van der Waals surface area contributed by atoms with Gasteiger partial charge < -0.3 is 0 Å². The van der Waals surface area contributed by atoms with E-state index in [1.807, 2.05) is 0 Å². The molecule has 0 aromatic heterocycles. The third-order valence-electron chi connectivity index (χ3n) is 1.94. The van der Waals surface area contributed by atoms with Gasteiger partial charge in [-0.1, -0.05) is 24.1 Å². The van der Waals surface area contributed by atoms with Gasteiger partial charge in [-0.3, -0.25) is 0 Å². The van der Waals surface area contributed by atoms with Gasteiger partial charge in [-0.05, 0) is 32.1 Å². The second-order valence-electron chi connectivity index (χ2n) is 2.57. The highest BCUT2D eigenvalue weighted by Crippen LogP contribution is 2.28. The SMILES string of the molecule is CCC1=C(Cl)CCCC1. The molecule has 1 rings (SSSR count). The van der Waals surface area contributed by atoms with Crippen molar-refractivity contribution < 1.29 is 0 Å². The largest absolute Gasteiger partial charge is 0.0892 e. The fourth-order valence-corrected chi connectivity index (χ4v) is 1.66. The van der Waals surface area contributed by atoms with E-state index in [0.717, 1.165) is 17.9 Å². The summed E-state index contributed by atoms with van der Waals surface area (Å²) in [6, 6.07) is 0. The molecule has 0 spiro atoms. The Morgan fingerprint density at radius 3 is 2.44 bits per heavy atom. The lowest BCUT2D eigenvalue weighted by Gasteiger charge is -2.13. The first-order valence-corrected chi connectivity index (χ1v) is 4.08. The minimum absolute atomic E-state index is 1.13. The van der Waals surface area contributed by atoms with Gasteiger partial charge in [0.25, 0.3) is 0 Å². The van der Waals surface area contributed by atoms with E-state index < -0.39 is 0 Å². The van der Waals surface area contributed by atoms with Crippen molar-refractivity contribution in [2.24, 2.45) is 0 Å². The number of hydrogen-bond donors (Lipinski definition) is 0. The lowest BCUT2D eigenvalue weighted by molar-refractivity contribution is 0.675. The van der Waals surface area contributed by atoms with E-state index in [0.29, 0.717) is 0 Å². The molecule has 0 aliphatic heterocycles. The van der Waals surface area contributed by atoms with Crippen molar-refractivity contribution in [3.05, 3.63) is 10.6 Å². The Kier molecular flexibility index (Phi) is 2.59. The molecule has 0 nitrogen and oxygen atoms in total. The molecule has 1 aliphatic rings. The zero-order valence-corrected chi connectivity index (χ0v) is 6.67. The summed E-state index contributed by atoms with van der Waals surface area (Å²) >= 11 is 5.96. The monoisotopic (exact) mass is 144 g/mol. The van der Waals surface area contributed by atoms with E-state index in [9.17, 15) is 0 Å². The highest BCUT2D eigenvalue weighted by Gasteiger charge is 2.07. The molecule has 0 saturated carbocycles. The van der Waals surface area contributed by atoms with Crippen LogP contribution in [0.15, 0.2) is 10.6 Å². The molecule has 0 aromatic rings. The molecule has 0 radical (unpaired) electrons. The van der Waals surface area contributed by atoms with E-state index in [1.54, 1.807) is 0 Å². The molecule has 0 unspecified atom stereocenters. The Hall–Kier alpha value is 0.0300. The van der Waals surface area contributed by atoms with Crippen LogP contribution in [-0.4, -0.2) is 0 Å². The molecule has 1 heteroatoms. The molecule has 0 amide bonds. The highest BCUT2D eigenvalue weighted by atomic mass is 35.5. The van der Waals surface area contributed by atoms with Crippen LogP contribution in [0.3, 0.4) is 0 Å². The minimum atomic E-state index is 1.13. The number of rotatable bonds is 1. The summed E-state index contributed by atoms with van der Waals surface area (Å²) in [6.07, 6.45) is 6.17. The summed E-state index contributed by atoms with van der Waals surface area (Å²) in [6.45, 7) is 2.18. The molecular weight excluding hydrogens is 132 g/mol. The predicted molar refractivity (Wildman–Crippen MR) is 41.6 cm³/mol. The number of halogens is 1. The highest BCUT2D eigenvalue weighted by molar-refractivity contribution is 6.30. The van der Waals surface area contributed by atoms with Gasteiger partial charge in [-0.25, -0.2) is 0 Å². The van der Waals surface area contributed by atoms with Gasteiger partial charge >= 0.3 is 0 Å². The second-order valence-corrected chi connectivity index (χ2v) is 3.03. The zero-order valence-electron chi connectivity index (χ0n) is 5.91. The van der Waals surface area contributed by atoms with Crippen LogP contribution in [0.25, 0.3) is 0 Å². The van der Waals surface area contributed by atoms with Crippen molar-refractivity contribution in [3.8, 4) is 0 Å². The maximum atomic E-state index is 5.96. The average molecular weight is 145 g/mol. The molecule has 0 N–H and O–H groups in total. The van der Waals surface area contributed by atoms with Crippen molar-refractivity contribution in [2.45, 2.75) is 39.0 Å². The van der Waals surface area contributed by atoms with E-state index in [1.165, 1.54) is 24.8 Å². The zero-order chi connectivity index (χ0) is 6.69. The Balaban J connectivity index is 2.59. The van der Waals surface area contributed by atoms with Gasteiger partial charge in [-0.15, -0.1) is 0 Å². The first-order chi connectivity index (χ1) is 4.34. The summed E-state index contributed by atoms with van der Waals surface area (Å²) in [5, 5.41) is 1.14. The van der Waals surface area contributed by atoms with Gasteiger partial charge in [0.05, 0.1) is 0 Å². The van der Waals surface area contributed by atoms with Crippen LogP contribution in [0.5, 0.6) is 0 Å². The number of hydrogen-bond acceptors (Lipinski definition) is 0. The van der Waals surface area contributed by atoms with Gasteiger partial charge in [0.2, 0.25) is 0 Å². The lowest BCUT2D eigenvalue weighted by Crippen LogP contribution is -1.93. The van der Waals surface area contributed by atoms with Crippen LogP contribution in [0.1, 0.15) is 39.0 Å². The first-order valence-electron chi connectivity index (χ1n) is 3.71. The van der Waals surface area contributed by atoms with Crippen LogP contribution in [0.4, 0.5) is 0 Å². The topological polar surface area (TPSA) is 0 Å². The third-order valence-corrected chi connectivity index (χ3v) is 2.39. The van der Waals surface area contributed by atoms with Crippen LogP contribution in [0, 0.1) is 0 Å². The third kappa shape index (κ3) is 1.72. The molecule has 0 aromatic carbocycles. The maximum Gasteiger partial charge on any atom is 0.0172 e. The van der Waals surface area contributed by atoms with E-state index in [4.69, 9.17) is 11.6 Å². The normalized spacial score (nSPS) is 20.7. The summed E-state index contributed by atoms with van der Waals surface area (Å²) in [4.78, 5) is 0. The quantitative estimate of drug-likeness (QED) is 0.529. The average Bonchev–Trinajstić information content (AvgIpc) is 1.89. The van der Waals surface area contributed by atoms with Crippen molar-refractivity contribution in [3.63, 3.8) is 0 Å². The second kappa shape index (κ2) is 3.26. The molecule has 1 aliphatic carbocycles. The minimum Gasteiger partial charge on any atom is -0.0892 e. The van der Waals surface area contributed by atoms with E-state index >= 15 is 0 Å². The summed E-state index contributed by atoms with van der Waals surface area (Å²) in [7, 11) is 0. The first kappa shape index (κ1) is 7.14. The summed E-state index contributed by atoms with van der Waals surface area (Å²) < 4.78 is 0. The Bertz CT molecular complexity index is 125. The molecule has 0 heterocycles. The Morgan fingerprint density at radius 2 is 2.00 bits per heavy atom. The Labute approximate surface area is 61.9 Å². The van der Waals surface area contributed by atoms with Gasteiger partial charge in [0, 0.05) is 5.03 Å². The molecule has 52 valence electrons. The van der Waals surface area contributed by atoms with Crippen LogP contribution < -0.4 is 0 Å². The molecule has 0 atom stereocenters. The lowest BCUT2D eigenvalue weighted by atomic mass is 9.98. The molecule has 9 heavy (non-hydrogen) atoms. The maximum absolute atomic E-state index is 5.96. The molecular formula is C8H13Cl. The summed E-state index contributed by atoms with van der Waals surface area (Å²) in [5.74, 6) is 0. The molecule has 0 fully saturated rings. The fourth-order valence-electron chi connectivity index (χ4n) is 1.30. The van der Waals surface area contributed by atoms with Gasteiger partial charge in [-0.2, -0.15) is 0 Å². The van der Waals surface area contributed by atoms with Crippen LogP contribution in [-0.2, 0) is 0 Å². The Morgan fingerprint density at radius 1 is 1.33 bits per heavy atom. The van der Waals surface area contributed by atoms with Crippen molar-refractivity contribution >= 4 is 11.6 Å². The number of allylic oxidation sites excluding steroid dienone is 2. The van der Waals surface area contributed by atoms with Crippen LogP contribution in [0.2, 0.25) is 0 Å². The molecule has 0 bridgehead atoms. The predicted octanol–water partition coefficient (Wildman–Crippen LogP) is 3.46. The van der Waals surface area contributed by atoms with Crippen molar-refractivity contribution in [1.82, 2.24) is 0 Å². The van der Waals surface area contributed by atoms with Gasteiger partial charge in [0.15, 0.2) is 0 Å². The summed E-state index contributed by atoms with van der Waals surface area (Å²) in [5.41, 5.74) is 1.49. The van der Waals surface area contributed by atoms with E-state index in [-0.39, 0.29) is 0 Å². The molecule has 0 saturated heterocycles. The van der Waals surface area contributed by atoms with Crippen molar-refractivity contribution in [2.75, 3.05) is 0 Å².